The highest BCUT2D eigenvalue weighted by Crippen LogP contribution is 2.32. The van der Waals surface area contributed by atoms with Crippen LogP contribution in [0.15, 0.2) is 58.8 Å². The van der Waals surface area contributed by atoms with Crippen LogP contribution in [0.2, 0.25) is 0 Å². The Morgan fingerprint density at radius 3 is 2.52 bits per heavy atom. The molecular weight excluding hydrogens is 441 g/mol. The topological polar surface area (TPSA) is 81.7 Å². The molecule has 1 aromatic heterocycles. The predicted molar refractivity (Wildman–Crippen MR) is 117 cm³/mol. The largest absolute Gasteiger partial charge is 0.497 e. The van der Waals surface area contributed by atoms with Crippen LogP contribution in [0, 0.1) is 12.7 Å². The lowest BCUT2D eigenvalue weighted by atomic mass is 10.1. The van der Waals surface area contributed by atoms with Gasteiger partial charge >= 0.3 is 0 Å². The van der Waals surface area contributed by atoms with Crippen LogP contribution in [0.5, 0.6) is 11.5 Å². The Bertz CT molecular complexity index is 1180. The van der Waals surface area contributed by atoms with Gasteiger partial charge in [-0.15, -0.1) is 11.3 Å². The molecule has 31 heavy (non-hydrogen) atoms. The van der Waals surface area contributed by atoms with Gasteiger partial charge in [0.1, 0.15) is 22.6 Å². The fourth-order valence-corrected chi connectivity index (χ4v) is 5.93. The van der Waals surface area contributed by atoms with Crippen molar-refractivity contribution >= 4 is 27.1 Å². The molecule has 0 aliphatic carbocycles. The van der Waals surface area contributed by atoms with Crippen LogP contribution < -0.4 is 14.8 Å². The second kappa shape index (κ2) is 9.49. The highest BCUT2D eigenvalue weighted by molar-refractivity contribution is 7.91. The van der Waals surface area contributed by atoms with Crippen molar-refractivity contribution in [1.29, 1.82) is 0 Å². The Hall–Kier alpha value is -2.91. The fourth-order valence-electron chi connectivity index (χ4n) is 3.06. The van der Waals surface area contributed by atoms with Crippen molar-refractivity contribution in [2.45, 2.75) is 17.1 Å². The number of nitrogens with one attached hydrogen (secondary N) is 1. The molecule has 3 rings (SSSR count). The molecule has 2 aromatic carbocycles. The van der Waals surface area contributed by atoms with Gasteiger partial charge in [-0.1, -0.05) is 6.07 Å². The third-order valence-electron chi connectivity index (χ3n) is 4.79. The number of hydrogen-bond acceptors (Lipinski definition) is 6. The Morgan fingerprint density at radius 2 is 1.90 bits per heavy atom. The zero-order chi connectivity index (χ0) is 22.6. The molecule has 0 radical (unpaired) electrons. The standard InChI is InChI=1S/C22H22FNO5S2/c1-14-11-16(7-9-18(14)23)31(26,27)21(20-5-4-10-30-20)13-24-22(25)17-8-6-15(28-2)12-19(17)29-3/h4-12,21H,13H2,1-3H3,(H,24,25)/t21-/m1/s1. The first kappa shape index (κ1) is 22.8. The summed E-state index contributed by atoms with van der Waals surface area (Å²) in [4.78, 5) is 13.4. The van der Waals surface area contributed by atoms with Crippen LogP contribution in [0.4, 0.5) is 4.39 Å². The average molecular weight is 464 g/mol. The number of benzene rings is 2. The van der Waals surface area contributed by atoms with E-state index in [2.05, 4.69) is 5.32 Å². The molecule has 0 aliphatic heterocycles. The highest BCUT2D eigenvalue weighted by Gasteiger charge is 2.31. The number of aryl methyl sites for hydroxylation is 1. The summed E-state index contributed by atoms with van der Waals surface area (Å²) < 4.78 is 50.7. The lowest BCUT2D eigenvalue weighted by molar-refractivity contribution is 0.0950. The normalized spacial score (nSPS) is 12.3. The Kier molecular flexibility index (Phi) is 6.97. The summed E-state index contributed by atoms with van der Waals surface area (Å²) in [6, 6.07) is 11.9. The number of ether oxygens (including phenoxy) is 2. The maximum atomic E-state index is 13.7. The first-order valence-electron chi connectivity index (χ1n) is 9.31. The molecular formula is C22H22FNO5S2. The van der Waals surface area contributed by atoms with E-state index in [0.29, 0.717) is 16.4 Å². The van der Waals surface area contributed by atoms with Crippen molar-refractivity contribution in [3.05, 3.63) is 75.7 Å². The molecule has 3 aromatic rings. The second-order valence-electron chi connectivity index (χ2n) is 6.74. The Balaban J connectivity index is 1.89. The van der Waals surface area contributed by atoms with Gasteiger partial charge in [0, 0.05) is 17.5 Å². The van der Waals surface area contributed by atoms with Crippen LogP contribution in [0.1, 0.15) is 26.0 Å². The smallest absolute Gasteiger partial charge is 0.255 e. The van der Waals surface area contributed by atoms with E-state index < -0.39 is 26.8 Å². The van der Waals surface area contributed by atoms with Crippen molar-refractivity contribution in [2.24, 2.45) is 0 Å². The molecule has 1 heterocycles. The average Bonchev–Trinajstić information content (AvgIpc) is 3.29. The molecule has 0 aliphatic rings. The molecule has 1 amide bonds. The van der Waals surface area contributed by atoms with Crippen molar-refractivity contribution in [1.82, 2.24) is 5.32 Å². The number of sulfone groups is 1. The predicted octanol–water partition coefficient (Wildman–Crippen LogP) is 4.16. The zero-order valence-electron chi connectivity index (χ0n) is 17.2. The number of carbonyl (C=O) groups is 1. The van der Waals surface area contributed by atoms with Crippen LogP contribution in [-0.4, -0.2) is 35.1 Å². The number of thiophene rings is 1. The molecule has 9 heteroatoms. The van der Waals surface area contributed by atoms with Gasteiger partial charge in [-0.3, -0.25) is 4.79 Å². The summed E-state index contributed by atoms with van der Waals surface area (Å²) in [6.07, 6.45) is 0. The van der Waals surface area contributed by atoms with Gasteiger partial charge in [0.05, 0.1) is 24.7 Å². The van der Waals surface area contributed by atoms with Gasteiger partial charge < -0.3 is 14.8 Å². The molecule has 1 N–H and O–H groups in total. The van der Waals surface area contributed by atoms with Crippen LogP contribution in [-0.2, 0) is 9.84 Å². The third-order valence-corrected chi connectivity index (χ3v) is 8.01. The monoisotopic (exact) mass is 463 g/mol. The summed E-state index contributed by atoms with van der Waals surface area (Å²) in [5, 5.41) is 3.44. The molecule has 0 bridgehead atoms. The van der Waals surface area contributed by atoms with Crippen LogP contribution in [0.25, 0.3) is 0 Å². The highest BCUT2D eigenvalue weighted by atomic mass is 32.2. The minimum absolute atomic E-state index is 0.000997. The molecule has 1 atom stereocenters. The summed E-state index contributed by atoms with van der Waals surface area (Å²) in [5.41, 5.74) is 0.487. The van der Waals surface area contributed by atoms with Gasteiger partial charge in [0.15, 0.2) is 9.84 Å². The maximum absolute atomic E-state index is 13.7. The van der Waals surface area contributed by atoms with Crippen molar-refractivity contribution in [2.75, 3.05) is 20.8 Å². The van der Waals surface area contributed by atoms with E-state index in [1.807, 2.05) is 0 Å². The molecule has 0 saturated heterocycles. The van der Waals surface area contributed by atoms with Gasteiger partial charge in [-0.2, -0.15) is 0 Å². The molecule has 0 spiro atoms. The molecule has 6 nitrogen and oxygen atoms in total. The molecule has 0 fully saturated rings. The number of hydrogen-bond donors (Lipinski definition) is 1. The second-order valence-corrected chi connectivity index (χ2v) is 9.85. The Morgan fingerprint density at radius 1 is 1.13 bits per heavy atom. The van der Waals surface area contributed by atoms with E-state index >= 15 is 0 Å². The number of amides is 1. The summed E-state index contributed by atoms with van der Waals surface area (Å²) in [6.45, 7) is 1.35. The zero-order valence-corrected chi connectivity index (χ0v) is 18.8. The van der Waals surface area contributed by atoms with Gasteiger partial charge in [0.25, 0.3) is 5.91 Å². The van der Waals surface area contributed by atoms with E-state index in [9.17, 15) is 17.6 Å². The summed E-state index contributed by atoms with van der Waals surface area (Å²) in [7, 11) is -0.956. The van der Waals surface area contributed by atoms with Gasteiger partial charge in [-0.05, 0) is 54.3 Å². The first-order chi connectivity index (χ1) is 14.8. The van der Waals surface area contributed by atoms with Crippen molar-refractivity contribution in [3.8, 4) is 11.5 Å². The first-order valence-corrected chi connectivity index (χ1v) is 11.7. The SMILES string of the molecule is COc1ccc(C(=O)NC[C@H](c2cccs2)S(=O)(=O)c2ccc(F)c(C)c2)c(OC)c1. The lowest BCUT2D eigenvalue weighted by Gasteiger charge is -2.18. The maximum Gasteiger partial charge on any atom is 0.255 e. The number of methoxy groups -OCH3 is 2. The number of carbonyl (C=O) groups excluding carboxylic acids is 1. The molecule has 0 unspecified atom stereocenters. The van der Waals surface area contributed by atoms with Crippen LogP contribution in [0.3, 0.4) is 0 Å². The minimum Gasteiger partial charge on any atom is -0.497 e. The fraction of sp³-hybridized carbons (Fsp3) is 0.227. The number of rotatable bonds is 8. The van der Waals surface area contributed by atoms with E-state index in [1.165, 1.54) is 44.6 Å². The summed E-state index contributed by atoms with van der Waals surface area (Å²) in [5.74, 6) is -0.126. The molecule has 164 valence electrons. The van der Waals surface area contributed by atoms with E-state index in [-0.39, 0.29) is 22.6 Å². The quantitative estimate of drug-likeness (QED) is 0.508. The summed E-state index contributed by atoms with van der Waals surface area (Å²) >= 11 is 1.27. The van der Waals surface area contributed by atoms with Crippen molar-refractivity contribution < 1.29 is 27.1 Å². The third kappa shape index (κ3) is 4.88. The van der Waals surface area contributed by atoms with E-state index in [4.69, 9.17) is 9.47 Å². The minimum atomic E-state index is -3.89. The Labute approximate surface area is 184 Å². The number of halogens is 1. The van der Waals surface area contributed by atoms with E-state index in [1.54, 1.807) is 35.7 Å². The van der Waals surface area contributed by atoms with Gasteiger partial charge in [-0.25, -0.2) is 12.8 Å². The van der Waals surface area contributed by atoms with Gasteiger partial charge in [0.2, 0.25) is 0 Å². The van der Waals surface area contributed by atoms with Crippen LogP contribution >= 0.6 is 11.3 Å². The van der Waals surface area contributed by atoms with E-state index in [0.717, 1.165) is 6.07 Å². The molecule has 0 saturated carbocycles. The van der Waals surface area contributed by atoms with Crippen molar-refractivity contribution in [3.63, 3.8) is 0 Å². The lowest BCUT2D eigenvalue weighted by Crippen LogP contribution is -2.31.